The lowest BCUT2D eigenvalue weighted by Crippen LogP contribution is -2.50. The standard InChI is InChI=1S/C11H15N3O4/c15-8-7-13(6-4-12-8)9(16)3-5-14-10(17)1-2-11(14)18/h1-7H2,(H,12,15). The third-order valence-corrected chi connectivity index (χ3v) is 3.10. The van der Waals surface area contributed by atoms with Gasteiger partial charge in [-0.15, -0.1) is 0 Å². The predicted octanol–water partition coefficient (Wildman–Crippen LogP) is -1.52. The third-order valence-electron chi connectivity index (χ3n) is 3.10. The van der Waals surface area contributed by atoms with Crippen LogP contribution in [0.4, 0.5) is 0 Å². The molecule has 4 amide bonds. The minimum atomic E-state index is -0.218. The van der Waals surface area contributed by atoms with Crippen molar-refractivity contribution in [1.82, 2.24) is 15.1 Å². The smallest absolute Gasteiger partial charge is 0.239 e. The molecule has 0 unspecified atom stereocenters. The first kappa shape index (κ1) is 12.5. The highest BCUT2D eigenvalue weighted by molar-refractivity contribution is 6.02. The summed E-state index contributed by atoms with van der Waals surface area (Å²) >= 11 is 0. The number of hydrogen-bond acceptors (Lipinski definition) is 4. The van der Waals surface area contributed by atoms with Gasteiger partial charge < -0.3 is 10.2 Å². The lowest BCUT2D eigenvalue weighted by molar-refractivity contribution is -0.141. The number of imide groups is 1. The molecule has 0 aromatic heterocycles. The zero-order valence-corrected chi connectivity index (χ0v) is 9.98. The van der Waals surface area contributed by atoms with E-state index >= 15 is 0 Å². The maximum atomic E-state index is 11.8. The molecule has 0 aromatic carbocycles. The number of nitrogens with zero attached hydrogens (tertiary/aromatic N) is 2. The van der Waals surface area contributed by atoms with Gasteiger partial charge in [0.05, 0.1) is 6.54 Å². The number of hydrogen-bond donors (Lipinski definition) is 1. The van der Waals surface area contributed by atoms with E-state index < -0.39 is 0 Å². The molecule has 18 heavy (non-hydrogen) atoms. The molecule has 7 nitrogen and oxygen atoms in total. The molecule has 0 saturated carbocycles. The summed E-state index contributed by atoms with van der Waals surface area (Å²) in [5, 5.41) is 2.63. The minimum absolute atomic E-state index is 0.0563. The first-order valence-corrected chi connectivity index (χ1v) is 5.95. The summed E-state index contributed by atoms with van der Waals surface area (Å²) in [7, 11) is 0. The largest absolute Gasteiger partial charge is 0.353 e. The fourth-order valence-corrected chi connectivity index (χ4v) is 2.09. The zero-order valence-electron chi connectivity index (χ0n) is 9.98. The molecule has 0 radical (unpaired) electrons. The summed E-state index contributed by atoms with van der Waals surface area (Å²) in [4.78, 5) is 48.2. The molecule has 2 heterocycles. The average molecular weight is 253 g/mol. The van der Waals surface area contributed by atoms with Crippen molar-refractivity contribution in [2.75, 3.05) is 26.2 Å². The van der Waals surface area contributed by atoms with E-state index in [2.05, 4.69) is 5.32 Å². The molecule has 0 atom stereocenters. The highest BCUT2D eigenvalue weighted by Gasteiger charge is 2.30. The Morgan fingerprint density at radius 2 is 1.83 bits per heavy atom. The van der Waals surface area contributed by atoms with Crippen molar-refractivity contribution >= 4 is 23.6 Å². The molecule has 0 bridgehead atoms. The number of piperazine rings is 1. The Bertz CT molecular complexity index is 391. The molecule has 2 aliphatic heterocycles. The molecule has 7 heteroatoms. The van der Waals surface area contributed by atoms with Crippen LogP contribution in [0.1, 0.15) is 19.3 Å². The molecule has 1 N–H and O–H groups in total. The molecule has 2 aliphatic rings. The Morgan fingerprint density at radius 1 is 1.17 bits per heavy atom. The van der Waals surface area contributed by atoms with Gasteiger partial charge in [-0.1, -0.05) is 0 Å². The normalized spacial score (nSPS) is 20.3. The van der Waals surface area contributed by atoms with Gasteiger partial charge in [0.25, 0.3) is 0 Å². The number of rotatable bonds is 3. The maximum Gasteiger partial charge on any atom is 0.239 e. The first-order valence-electron chi connectivity index (χ1n) is 5.95. The second kappa shape index (κ2) is 5.16. The topological polar surface area (TPSA) is 86.8 Å². The molecule has 2 fully saturated rings. The maximum absolute atomic E-state index is 11.8. The number of nitrogens with one attached hydrogen (secondary N) is 1. The Hall–Kier alpha value is -1.92. The van der Waals surface area contributed by atoms with Crippen LogP contribution in [0, 0.1) is 0 Å². The van der Waals surface area contributed by atoms with Crippen LogP contribution in [0.15, 0.2) is 0 Å². The van der Waals surface area contributed by atoms with E-state index in [1.54, 1.807) is 0 Å². The van der Waals surface area contributed by atoms with Gasteiger partial charge in [-0.3, -0.25) is 24.1 Å². The minimum Gasteiger partial charge on any atom is -0.353 e. The van der Waals surface area contributed by atoms with Crippen molar-refractivity contribution in [2.45, 2.75) is 19.3 Å². The average Bonchev–Trinajstić information content (AvgIpc) is 2.66. The van der Waals surface area contributed by atoms with Gasteiger partial charge >= 0.3 is 0 Å². The van der Waals surface area contributed by atoms with E-state index in [0.29, 0.717) is 13.1 Å². The Morgan fingerprint density at radius 3 is 2.44 bits per heavy atom. The summed E-state index contributed by atoms with van der Waals surface area (Å²) in [6, 6.07) is 0. The highest BCUT2D eigenvalue weighted by atomic mass is 16.2. The van der Waals surface area contributed by atoms with Crippen LogP contribution in [0.5, 0.6) is 0 Å². The van der Waals surface area contributed by atoms with Gasteiger partial charge in [0, 0.05) is 38.9 Å². The monoisotopic (exact) mass is 253 g/mol. The van der Waals surface area contributed by atoms with Gasteiger partial charge in [-0.25, -0.2) is 0 Å². The molecular weight excluding hydrogens is 238 g/mol. The van der Waals surface area contributed by atoms with Gasteiger partial charge in [-0.05, 0) is 0 Å². The first-order chi connectivity index (χ1) is 8.58. The number of carbonyl (C=O) groups is 4. The van der Waals surface area contributed by atoms with Crippen molar-refractivity contribution in [3.05, 3.63) is 0 Å². The van der Waals surface area contributed by atoms with E-state index in [9.17, 15) is 19.2 Å². The van der Waals surface area contributed by atoms with Crippen LogP contribution in [0.2, 0.25) is 0 Å². The highest BCUT2D eigenvalue weighted by Crippen LogP contribution is 2.12. The zero-order chi connectivity index (χ0) is 13.1. The van der Waals surface area contributed by atoms with Crippen molar-refractivity contribution < 1.29 is 19.2 Å². The second-order valence-electron chi connectivity index (χ2n) is 4.35. The SMILES string of the molecule is O=C1CN(C(=O)CCN2C(=O)CCC2=O)CCN1. The third kappa shape index (κ3) is 2.66. The fourth-order valence-electron chi connectivity index (χ4n) is 2.09. The van der Waals surface area contributed by atoms with Crippen LogP contribution in [-0.2, 0) is 19.2 Å². The van der Waals surface area contributed by atoms with E-state index in [1.807, 2.05) is 0 Å². The van der Waals surface area contributed by atoms with Crippen molar-refractivity contribution in [2.24, 2.45) is 0 Å². The number of carbonyl (C=O) groups excluding carboxylic acids is 4. The van der Waals surface area contributed by atoms with Gasteiger partial charge in [0.2, 0.25) is 23.6 Å². The molecule has 2 saturated heterocycles. The Labute approximate surface area is 104 Å². The summed E-state index contributed by atoms with van der Waals surface area (Å²) < 4.78 is 0. The number of likely N-dealkylation sites (tertiary alicyclic amines) is 1. The summed E-state index contributed by atoms with van der Waals surface area (Å²) in [6.07, 6.45) is 0.559. The molecule has 98 valence electrons. The van der Waals surface area contributed by atoms with Crippen LogP contribution in [0.25, 0.3) is 0 Å². The lowest BCUT2D eigenvalue weighted by atomic mass is 10.3. The quantitative estimate of drug-likeness (QED) is 0.619. The number of amides is 4. The second-order valence-corrected chi connectivity index (χ2v) is 4.35. The van der Waals surface area contributed by atoms with Crippen molar-refractivity contribution in [3.8, 4) is 0 Å². The lowest BCUT2D eigenvalue weighted by Gasteiger charge is -2.27. The summed E-state index contributed by atoms with van der Waals surface area (Å²) in [5.41, 5.74) is 0. The molecule has 0 spiro atoms. The molecular formula is C11H15N3O4. The van der Waals surface area contributed by atoms with Gasteiger partial charge in [-0.2, -0.15) is 0 Å². The summed E-state index contributed by atoms with van der Waals surface area (Å²) in [5.74, 6) is -0.811. The Kier molecular flexibility index (Phi) is 3.59. The van der Waals surface area contributed by atoms with Crippen molar-refractivity contribution in [3.63, 3.8) is 0 Å². The van der Waals surface area contributed by atoms with Crippen LogP contribution in [-0.4, -0.2) is 59.6 Å². The predicted molar refractivity (Wildman–Crippen MR) is 60.2 cm³/mol. The molecule has 0 aliphatic carbocycles. The molecule has 2 rings (SSSR count). The molecule has 0 aromatic rings. The van der Waals surface area contributed by atoms with Crippen LogP contribution in [0.3, 0.4) is 0 Å². The van der Waals surface area contributed by atoms with E-state index in [-0.39, 0.29) is 56.0 Å². The fraction of sp³-hybridized carbons (Fsp3) is 0.636. The van der Waals surface area contributed by atoms with Crippen LogP contribution >= 0.6 is 0 Å². The van der Waals surface area contributed by atoms with E-state index in [4.69, 9.17) is 0 Å². The van der Waals surface area contributed by atoms with Gasteiger partial charge in [0.1, 0.15) is 0 Å². The van der Waals surface area contributed by atoms with E-state index in [0.717, 1.165) is 4.90 Å². The van der Waals surface area contributed by atoms with Crippen LogP contribution < -0.4 is 5.32 Å². The van der Waals surface area contributed by atoms with Crippen molar-refractivity contribution in [1.29, 1.82) is 0 Å². The van der Waals surface area contributed by atoms with Gasteiger partial charge in [0.15, 0.2) is 0 Å². The summed E-state index contributed by atoms with van der Waals surface area (Å²) in [6.45, 7) is 1.11. The van der Waals surface area contributed by atoms with E-state index in [1.165, 1.54) is 4.90 Å². The Balaban J connectivity index is 1.82.